The van der Waals surface area contributed by atoms with Gasteiger partial charge in [-0.05, 0) is 43.7 Å². The Morgan fingerprint density at radius 3 is 2.40 bits per heavy atom. The van der Waals surface area contributed by atoms with E-state index in [2.05, 4.69) is 20.9 Å². The van der Waals surface area contributed by atoms with Crippen LogP contribution in [-0.4, -0.2) is 65.5 Å². The number of piperidine rings is 1. The number of hydrogen-bond donors (Lipinski definition) is 4. The van der Waals surface area contributed by atoms with Crippen LogP contribution in [0.5, 0.6) is 0 Å². The highest BCUT2D eigenvalue weighted by Gasteiger charge is 2.35. The molecule has 0 radical (unpaired) electrons. The first kappa shape index (κ1) is 31.5. The van der Waals surface area contributed by atoms with Gasteiger partial charge in [-0.25, -0.2) is 13.6 Å². The topological polar surface area (TPSA) is 164 Å². The van der Waals surface area contributed by atoms with Crippen LogP contribution in [0.1, 0.15) is 59.4 Å². The summed E-state index contributed by atoms with van der Waals surface area (Å²) in [4.78, 5) is 79.8. The first-order chi connectivity index (χ1) is 21.6. The molecule has 2 fully saturated rings. The fourth-order valence-corrected chi connectivity index (χ4v) is 5.34. The van der Waals surface area contributed by atoms with Gasteiger partial charge in [0.15, 0.2) is 12.4 Å². The summed E-state index contributed by atoms with van der Waals surface area (Å²) in [6.07, 6.45) is 2.99. The van der Waals surface area contributed by atoms with Crippen LogP contribution in [0.25, 0.3) is 10.9 Å². The van der Waals surface area contributed by atoms with Crippen molar-refractivity contribution in [3.63, 3.8) is 0 Å². The van der Waals surface area contributed by atoms with E-state index in [0.29, 0.717) is 25.5 Å². The molecule has 0 spiro atoms. The summed E-state index contributed by atoms with van der Waals surface area (Å²) in [5.41, 5.74) is -0.0776. The normalized spacial score (nSPS) is 17.6. The van der Waals surface area contributed by atoms with Crippen LogP contribution in [0.4, 0.5) is 8.78 Å². The van der Waals surface area contributed by atoms with Crippen molar-refractivity contribution in [3.8, 4) is 0 Å². The predicted molar refractivity (Wildman–Crippen MR) is 156 cm³/mol. The zero-order valence-electron chi connectivity index (χ0n) is 24.2. The number of Topliss-reactive ketones (excluding diaryl/α,β-unsaturated/α-hetero) is 2. The second-order valence-corrected chi connectivity index (χ2v) is 11.4. The standard InChI is InChI=1S/C32H32F2N4O7/c33-21-12-20-14-25(36-27(20)22(34)15-21)31(43)38-24(11-17-8-9-17)30(42)37-23(13-19-7-4-10-35-29(19)41)26(39)16-45-32(44)28(40)18-5-2-1-3-6-18/h1-3,5-6,12,14-15,17,19,23-24,36H,4,7-11,13,16H2,(H,35,41)(H,37,42)(H,38,43)/t19-,23?,24?/m0/s1. The minimum atomic E-state index is -1.27. The van der Waals surface area contributed by atoms with E-state index >= 15 is 0 Å². The first-order valence-corrected chi connectivity index (χ1v) is 14.7. The van der Waals surface area contributed by atoms with Crippen molar-refractivity contribution in [1.29, 1.82) is 0 Å². The molecular formula is C32H32F2N4O7. The molecule has 1 saturated carbocycles. The smallest absolute Gasteiger partial charge is 0.380 e. The van der Waals surface area contributed by atoms with E-state index < -0.39 is 65.6 Å². The van der Waals surface area contributed by atoms with Gasteiger partial charge in [0.05, 0.1) is 11.6 Å². The number of nitrogens with one attached hydrogen (secondary N) is 4. The molecule has 4 N–H and O–H groups in total. The molecule has 0 bridgehead atoms. The number of aromatic nitrogens is 1. The van der Waals surface area contributed by atoms with E-state index in [1.807, 2.05) is 0 Å². The number of halogens is 2. The van der Waals surface area contributed by atoms with Crippen LogP contribution in [0.3, 0.4) is 0 Å². The van der Waals surface area contributed by atoms with Gasteiger partial charge in [-0.1, -0.05) is 43.2 Å². The molecule has 236 valence electrons. The summed E-state index contributed by atoms with van der Waals surface area (Å²) in [7, 11) is 0. The number of H-pyrrole nitrogens is 1. The second kappa shape index (κ2) is 13.8. The van der Waals surface area contributed by atoms with Gasteiger partial charge in [0.1, 0.15) is 23.4 Å². The van der Waals surface area contributed by atoms with Crippen molar-refractivity contribution in [2.45, 2.75) is 50.6 Å². The van der Waals surface area contributed by atoms with Crippen LogP contribution in [-0.2, 0) is 23.9 Å². The van der Waals surface area contributed by atoms with Crippen LogP contribution in [0.2, 0.25) is 0 Å². The lowest BCUT2D eigenvalue weighted by molar-refractivity contribution is -0.144. The summed E-state index contributed by atoms with van der Waals surface area (Å²) >= 11 is 0. The van der Waals surface area contributed by atoms with E-state index in [4.69, 9.17) is 4.74 Å². The number of fused-ring (bicyclic) bond motifs is 1. The number of rotatable bonds is 13. The second-order valence-electron chi connectivity index (χ2n) is 11.4. The zero-order valence-corrected chi connectivity index (χ0v) is 24.2. The van der Waals surface area contributed by atoms with Crippen molar-refractivity contribution in [2.75, 3.05) is 13.2 Å². The van der Waals surface area contributed by atoms with E-state index in [9.17, 15) is 37.5 Å². The molecule has 3 aromatic rings. The van der Waals surface area contributed by atoms with Crippen molar-refractivity contribution in [2.24, 2.45) is 11.8 Å². The Bertz CT molecular complexity index is 1640. The quantitative estimate of drug-likeness (QED) is 0.129. The third-order valence-electron chi connectivity index (χ3n) is 7.97. The van der Waals surface area contributed by atoms with Gasteiger partial charge < -0.3 is 25.7 Å². The van der Waals surface area contributed by atoms with Crippen LogP contribution in [0.15, 0.2) is 48.5 Å². The summed E-state index contributed by atoms with van der Waals surface area (Å²) in [6.45, 7) is -0.340. The highest BCUT2D eigenvalue weighted by Crippen LogP contribution is 2.34. The molecule has 2 aliphatic rings. The molecule has 13 heteroatoms. The Labute approximate surface area is 256 Å². The fraction of sp³-hybridized carbons (Fsp3) is 0.375. The van der Waals surface area contributed by atoms with E-state index in [1.165, 1.54) is 18.2 Å². The number of carbonyl (C=O) groups excluding carboxylic acids is 6. The zero-order chi connectivity index (χ0) is 32.1. The Morgan fingerprint density at radius 2 is 1.69 bits per heavy atom. The van der Waals surface area contributed by atoms with Gasteiger partial charge in [-0.15, -0.1) is 0 Å². The molecule has 1 aliphatic carbocycles. The molecule has 2 unspecified atom stereocenters. The number of aromatic amines is 1. The molecule has 1 saturated heterocycles. The van der Waals surface area contributed by atoms with Gasteiger partial charge in [0.25, 0.3) is 11.7 Å². The van der Waals surface area contributed by atoms with Gasteiger partial charge in [0.2, 0.25) is 11.8 Å². The molecule has 2 aromatic carbocycles. The van der Waals surface area contributed by atoms with E-state index in [0.717, 1.165) is 18.9 Å². The van der Waals surface area contributed by atoms with Crippen molar-refractivity contribution < 1.29 is 42.3 Å². The van der Waals surface area contributed by atoms with Gasteiger partial charge in [-0.2, -0.15) is 0 Å². The molecule has 45 heavy (non-hydrogen) atoms. The SMILES string of the molecule is O=C(OCC(=O)C(C[C@@H]1CCCNC1=O)NC(=O)C(CC1CC1)NC(=O)c1cc2cc(F)cc(F)c2[nH]1)C(=O)c1ccccc1. The lowest BCUT2D eigenvalue weighted by Gasteiger charge is -2.27. The monoisotopic (exact) mass is 622 g/mol. The summed E-state index contributed by atoms with van der Waals surface area (Å²) in [5, 5.41) is 8.11. The molecular weight excluding hydrogens is 590 g/mol. The number of carbonyl (C=O) groups is 6. The lowest BCUT2D eigenvalue weighted by Crippen LogP contribution is -2.53. The van der Waals surface area contributed by atoms with Crippen molar-refractivity contribution in [1.82, 2.24) is 20.9 Å². The number of hydrogen-bond acceptors (Lipinski definition) is 7. The Morgan fingerprint density at radius 1 is 0.933 bits per heavy atom. The van der Waals surface area contributed by atoms with Crippen molar-refractivity contribution >= 4 is 46.2 Å². The third-order valence-corrected chi connectivity index (χ3v) is 7.97. The maximum absolute atomic E-state index is 14.2. The maximum Gasteiger partial charge on any atom is 0.380 e. The van der Waals surface area contributed by atoms with E-state index in [1.54, 1.807) is 18.2 Å². The highest BCUT2D eigenvalue weighted by molar-refractivity contribution is 6.40. The molecule has 11 nitrogen and oxygen atoms in total. The maximum atomic E-state index is 14.2. The number of benzene rings is 2. The Hall–Kier alpha value is -4.94. The fourth-order valence-electron chi connectivity index (χ4n) is 5.34. The van der Waals surface area contributed by atoms with Crippen LogP contribution >= 0.6 is 0 Å². The summed E-state index contributed by atoms with van der Waals surface area (Å²) in [5.74, 6) is -6.79. The van der Waals surface area contributed by atoms with Gasteiger partial charge in [-0.3, -0.25) is 24.0 Å². The Balaban J connectivity index is 1.29. The third kappa shape index (κ3) is 7.97. The first-order valence-electron chi connectivity index (χ1n) is 14.7. The average molecular weight is 623 g/mol. The van der Waals surface area contributed by atoms with Gasteiger partial charge >= 0.3 is 5.97 Å². The number of ether oxygens (including phenoxy) is 1. The van der Waals surface area contributed by atoms with E-state index in [-0.39, 0.29) is 46.8 Å². The van der Waals surface area contributed by atoms with Gasteiger partial charge in [0, 0.05) is 29.5 Å². The molecule has 1 aliphatic heterocycles. The summed E-state index contributed by atoms with van der Waals surface area (Å²) < 4.78 is 32.8. The number of esters is 1. The molecule has 3 atom stereocenters. The van der Waals surface area contributed by atoms with Crippen molar-refractivity contribution in [3.05, 3.63) is 71.4 Å². The number of ketones is 2. The number of amides is 3. The average Bonchev–Trinajstić information content (AvgIpc) is 3.74. The largest absolute Gasteiger partial charge is 0.452 e. The van der Waals surface area contributed by atoms with Crippen LogP contribution < -0.4 is 16.0 Å². The van der Waals surface area contributed by atoms with Crippen LogP contribution in [0, 0.1) is 23.5 Å². The lowest BCUT2D eigenvalue weighted by atomic mass is 9.90. The predicted octanol–water partition coefficient (Wildman–Crippen LogP) is 2.74. The Kier molecular flexibility index (Phi) is 9.65. The molecule has 5 rings (SSSR count). The molecule has 1 aromatic heterocycles. The molecule has 2 heterocycles. The minimum absolute atomic E-state index is 0.0681. The molecule has 3 amide bonds. The summed E-state index contributed by atoms with van der Waals surface area (Å²) in [6, 6.07) is 8.30. The minimum Gasteiger partial charge on any atom is -0.452 e. The highest BCUT2D eigenvalue weighted by atomic mass is 19.1.